The van der Waals surface area contributed by atoms with E-state index in [2.05, 4.69) is 5.32 Å². The van der Waals surface area contributed by atoms with Gasteiger partial charge in [0.15, 0.2) is 0 Å². The summed E-state index contributed by atoms with van der Waals surface area (Å²) < 4.78 is 13.7. The average Bonchev–Trinajstić information content (AvgIpc) is 2.37. The maximum Gasteiger partial charge on any atom is 0.147 e. The zero-order valence-electron chi connectivity index (χ0n) is 9.05. The summed E-state index contributed by atoms with van der Waals surface area (Å²) in [6.45, 7) is 0. The van der Waals surface area contributed by atoms with E-state index in [1.165, 1.54) is 12.1 Å². The molecule has 0 fully saturated rings. The quantitative estimate of drug-likeness (QED) is 0.862. The van der Waals surface area contributed by atoms with Crippen LogP contribution in [0.15, 0.2) is 36.4 Å². The standard InChI is InChI=1S/C13H7Cl2FN2/c14-9-2-1-3-12(13(9)15)18-11-5-4-8(7-17)6-10(11)16/h1-6,18H. The monoisotopic (exact) mass is 280 g/mol. The van der Waals surface area contributed by atoms with Gasteiger partial charge in [0.1, 0.15) is 5.82 Å². The van der Waals surface area contributed by atoms with Gasteiger partial charge in [0.05, 0.1) is 33.1 Å². The molecule has 0 aliphatic rings. The van der Waals surface area contributed by atoms with Crippen LogP contribution < -0.4 is 5.32 Å². The maximum absolute atomic E-state index is 13.7. The summed E-state index contributed by atoms with van der Waals surface area (Å²) in [7, 11) is 0. The van der Waals surface area contributed by atoms with Crippen molar-refractivity contribution >= 4 is 34.6 Å². The number of nitrogens with one attached hydrogen (secondary N) is 1. The van der Waals surface area contributed by atoms with Crippen LogP contribution in [0.25, 0.3) is 0 Å². The van der Waals surface area contributed by atoms with Crippen LogP contribution in [0.1, 0.15) is 5.56 Å². The Hall–Kier alpha value is -1.76. The number of nitrogens with zero attached hydrogens (tertiary/aromatic N) is 1. The predicted octanol–water partition coefficient (Wildman–Crippen LogP) is 4.75. The van der Waals surface area contributed by atoms with Crippen LogP contribution in [0.3, 0.4) is 0 Å². The van der Waals surface area contributed by atoms with E-state index in [4.69, 9.17) is 28.5 Å². The predicted molar refractivity (Wildman–Crippen MR) is 70.9 cm³/mol. The van der Waals surface area contributed by atoms with E-state index in [-0.39, 0.29) is 11.3 Å². The van der Waals surface area contributed by atoms with E-state index >= 15 is 0 Å². The molecular weight excluding hydrogens is 274 g/mol. The number of hydrogen-bond donors (Lipinski definition) is 1. The van der Waals surface area contributed by atoms with E-state index in [0.717, 1.165) is 6.07 Å². The molecule has 0 spiro atoms. The van der Waals surface area contributed by atoms with Gasteiger partial charge in [0, 0.05) is 0 Å². The fourth-order valence-electron chi connectivity index (χ4n) is 1.43. The molecule has 0 saturated carbocycles. The van der Waals surface area contributed by atoms with Gasteiger partial charge in [0.2, 0.25) is 0 Å². The van der Waals surface area contributed by atoms with Crippen molar-refractivity contribution in [2.75, 3.05) is 5.32 Å². The zero-order chi connectivity index (χ0) is 13.1. The van der Waals surface area contributed by atoms with Gasteiger partial charge in [-0.15, -0.1) is 0 Å². The van der Waals surface area contributed by atoms with Gasteiger partial charge in [-0.1, -0.05) is 29.3 Å². The highest BCUT2D eigenvalue weighted by Gasteiger charge is 2.08. The minimum absolute atomic E-state index is 0.234. The molecule has 0 unspecified atom stereocenters. The molecule has 0 aliphatic carbocycles. The number of benzene rings is 2. The highest BCUT2D eigenvalue weighted by molar-refractivity contribution is 6.43. The zero-order valence-corrected chi connectivity index (χ0v) is 10.6. The van der Waals surface area contributed by atoms with Crippen molar-refractivity contribution in [3.05, 3.63) is 57.8 Å². The number of hydrogen-bond acceptors (Lipinski definition) is 2. The Kier molecular flexibility index (Phi) is 3.71. The molecule has 0 amide bonds. The van der Waals surface area contributed by atoms with Crippen LogP contribution in [0, 0.1) is 17.1 Å². The molecule has 0 heterocycles. The maximum atomic E-state index is 13.7. The molecule has 0 atom stereocenters. The van der Waals surface area contributed by atoms with Crippen molar-refractivity contribution in [2.24, 2.45) is 0 Å². The second-order valence-corrected chi connectivity index (χ2v) is 4.32. The summed E-state index contributed by atoms with van der Waals surface area (Å²) in [4.78, 5) is 0. The highest BCUT2D eigenvalue weighted by atomic mass is 35.5. The van der Waals surface area contributed by atoms with Crippen molar-refractivity contribution in [1.29, 1.82) is 5.26 Å². The summed E-state index contributed by atoms with van der Waals surface area (Å²) in [5.74, 6) is -0.523. The molecule has 0 aliphatic heterocycles. The second kappa shape index (κ2) is 5.26. The first-order valence-electron chi connectivity index (χ1n) is 5.02. The SMILES string of the molecule is N#Cc1ccc(Nc2cccc(Cl)c2Cl)c(F)c1. The molecule has 0 bridgehead atoms. The van der Waals surface area contributed by atoms with Gasteiger partial charge in [-0.25, -0.2) is 4.39 Å². The largest absolute Gasteiger partial charge is 0.352 e. The third kappa shape index (κ3) is 2.56. The lowest BCUT2D eigenvalue weighted by Crippen LogP contribution is -1.95. The number of rotatable bonds is 2. The highest BCUT2D eigenvalue weighted by Crippen LogP contribution is 2.32. The van der Waals surface area contributed by atoms with Gasteiger partial charge < -0.3 is 5.32 Å². The third-order valence-corrected chi connectivity index (χ3v) is 3.14. The first-order valence-corrected chi connectivity index (χ1v) is 5.78. The number of nitriles is 1. The first-order chi connectivity index (χ1) is 8.61. The molecule has 0 saturated heterocycles. The third-order valence-electron chi connectivity index (χ3n) is 2.32. The molecular formula is C13H7Cl2FN2. The summed E-state index contributed by atoms with van der Waals surface area (Å²) in [5, 5.41) is 12.2. The Morgan fingerprint density at radius 1 is 1.11 bits per heavy atom. The summed E-state index contributed by atoms with van der Waals surface area (Å²) in [6, 6.07) is 11.0. The van der Waals surface area contributed by atoms with Gasteiger partial charge in [0.25, 0.3) is 0 Å². The molecule has 5 heteroatoms. The van der Waals surface area contributed by atoms with E-state index in [0.29, 0.717) is 15.7 Å². The molecule has 2 rings (SSSR count). The summed E-state index contributed by atoms with van der Waals surface area (Å²) >= 11 is 11.8. The van der Waals surface area contributed by atoms with E-state index in [1.54, 1.807) is 18.2 Å². The van der Waals surface area contributed by atoms with Crippen LogP contribution in [0.2, 0.25) is 10.0 Å². The Labute approximate surface area is 114 Å². The Morgan fingerprint density at radius 2 is 1.89 bits per heavy atom. The fourth-order valence-corrected chi connectivity index (χ4v) is 1.78. The smallest absolute Gasteiger partial charge is 0.147 e. The lowest BCUT2D eigenvalue weighted by atomic mass is 10.2. The van der Waals surface area contributed by atoms with Crippen molar-refractivity contribution in [3.63, 3.8) is 0 Å². The molecule has 18 heavy (non-hydrogen) atoms. The Bertz CT molecular complexity index is 635. The van der Waals surface area contributed by atoms with Crippen LogP contribution in [-0.4, -0.2) is 0 Å². The van der Waals surface area contributed by atoms with Crippen LogP contribution in [0.5, 0.6) is 0 Å². The normalized spacial score (nSPS) is 9.89. The Morgan fingerprint density at radius 3 is 2.56 bits per heavy atom. The molecule has 90 valence electrons. The second-order valence-electron chi connectivity index (χ2n) is 3.53. The Balaban J connectivity index is 2.35. The molecule has 2 aromatic rings. The van der Waals surface area contributed by atoms with Crippen LogP contribution in [-0.2, 0) is 0 Å². The molecule has 1 N–H and O–H groups in total. The van der Waals surface area contributed by atoms with Crippen molar-refractivity contribution in [2.45, 2.75) is 0 Å². The topological polar surface area (TPSA) is 35.8 Å². The van der Waals surface area contributed by atoms with E-state index in [1.807, 2.05) is 6.07 Å². The van der Waals surface area contributed by atoms with Crippen molar-refractivity contribution in [1.82, 2.24) is 0 Å². The fraction of sp³-hybridized carbons (Fsp3) is 0. The minimum Gasteiger partial charge on any atom is -0.352 e. The minimum atomic E-state index is -0.523. The average molecular weight is 281 g/mol. The first kappa shape index (κ1) is 12.7. The summed E-state index contributed by atoms with van der Waals surface area (Å²) in [5.41, 5.74) is 1.00. The summed E-state index contributed by atoms with van der Waals surface area (Å²) in [6.07, 6.45) is 0. The van der Waals surface area contributed by atoms with E-state index < -0.39 is 5.82 Å². The lowest BCUT2D eigenvalue weighted by Gasteiger charge is -2.10. The van der Waals surface area contributed by atoms with Crippen LogP contribution >= 0.6 is 23.2 Å². The van der Waals surface area contributed by atoms with Crippen molar-refractivity contribution in [3.8, 4) is 6.07 Å². The van der Waals surface area contributed by atoms with Crippen LogP contribution in [0.4, 0.5) is 15.8 Å². The number of anilines is 2. The van der Waals surface area contributed by atoms with E-state index in [9.17, 15) is 4.39 Å². The van der Waals surface area contributed by atoms with Gasteiger partial charge in [-0.2, -0.15) is 5.26 Å². The van der Waals surface area contributed by atoms with Gasteiger partial charge in [-0.05, 0) is 30.3 Å². The number of halogens is 3. The van der Waals surface area contributed by atoms with Crippen molar-refractivity contribution < 1.29 is 4.39 Å². The lowest BCUT2D eigenvalue weighted by molar-refractivity contribution is 0.631. The molecule has 0 aromatic heterocycles. The molecule has 2 aromatic carbocycles. The molecule has 0 radical (unpaired) electrons. The van der Waals surface area contributed by atoms with Gasteiger partial charge in [-0.3, -0.25) is 0 Å². The molecule has 2 nitrogen and oxygen atoms in total. The van der Waals surface area contributed by atoms with Gasteiger partial charge >= 0.3 is 0 Å².